The summed E-state index contributed by atoms with van der Waals surface area (Å²) in [5, 5.41) is 3.56. The van der Waals surface area contributed by atoms with Gasteiger partial charge in [0.2, 0.25) is 10.0 Å². The highest BCUT2D eigenvalue weighted by Gasteiger charge is 2.27. The van der Waals surface area contributed by atoms with Crippen molar-refractivity contribution in [3.8, 4) is 0 Å². The van der Waals surface area contributed by atoms with Crippen LogP contribution in [0.5, 0.6) is 0 Å². The zero-order valence-corrected chi connectivity index (χ0v) is 19.3. The van der Waals surface area contributed by atoms with E-state index in [1.165, 1.54) is 18.4 Å². The average molecular weight is 432 g/mol. The first-order valence-electron chi connectivity index (χ1n) is 11.3. The molecule has 166 valence electrons. The van der Waals surface area contributed by atoms with Crippen molar-refractivity contribution < 1.29 is 8.42 Å². The molecule has 2 aliphatic rings. The molecule has 1 atom stereocenters. The van der Waals surface area contributed by atoms with Crippen LogP contribution in [0.1, 0.15) is 50.5 Å². The summed E-state index contributed by atoms with van der Waals surface area (Å²) in [5.74, 6) is 0.186. The van der Waals surface area contributed by atoms with Crippen molar-refractivity contribution in [2.75, 3.05) is 39.8 Å². The summed E-state index contributed by atoms with van der Waals surface area (Å²) in [6.07, 6.45) is 10.6. The average Bonchev–Trinajstić information content (AvgIpc) is 2.79. The molecule has 1 saturated heterocycles. The highest BCUT2D eigenvalue weighted by Crippen LogP contribution is 2.26. The molecule has 0 aromatic heterocycles. The lowest BCUT2D eigenvalue weighted by molar-refractivity contribution is 0.191. The van der Waals surface area contributed by atoms with Crippen LogP contribution < -0.4 is 5.32 Å². The van der Waals surface area contributed by atoms with Gasteiger partial charge in [0.15, 0.2) is 0 Å². The van der Waals surface area contributed by atoms with Gasteiger partial charge in [-0.3, -0.25) is 0 Å². The minimum absolute atomic E-state index is 0.186. The molecule has 1 aliphatic heterocycles. The summed E-state index contributed by atoms with van der Waals surface area (Å²) in [5.41, 5.74) is 1.22. The molecule has 6 heteroatoms. The molecule has 1 N–H and O–H groups in total. The molecule has 0 radical (unpaired) electrons. The number of rotatable bonds is 10. The molecule has 0 saturated carbocycles. The van der Waals surface area contributed by atoms with Crippen molar-refractivity contribution in [3.63, 3.8) is 0 Å². The van der Waals surface area contributed by atoms with Crippen LogP contribution in [0.15, 0.2) is 53.5 Å². The molecular formula is C24H37N3O2S. The van der Waals surface area contributed by atoms with Gasteiger partial charge in [-0.25, -0.2) is 12.7 Å². The molecule has 5 nitrogen and oxygen atoms in total. The number of sulfonamides is 1. The number of hydrogen-bond donors (Lipinski definition) is 1. The van der Waals surface area contributed by atoms with E-state index in [0.29, 0.717) is 17.5 Å². The summed E-state index contributed by atoms with van der Waals surface area (Å²) in [6, 6.07) is 11.0. The Morgan fingerprint density at radius 2 is 1.90 bits per heavy atom. The van der Waals surface area contributed by atoms with Crippen molar-refractivity contribution in [1.82, 2.24) is 14.5 Å². The first kappa shape index (κ1) is 23.2. The standard InChI is InChI=1S/C24H37N3O2S/c1-3-25-23-15-18-27(19-16-23)17-14-22(21-10-6-4-7-11-21)20-26(2)30(28,29)24-12-8-5-9-13-24/h4,6-8,10-13,22-23,25H,3,5,9,14-20H2,1-2H3. The number of allylic oxidation sites excluding steroid dienone is 3. The third-order valence-corrected chi connectivity index (χ3v) is 8.16. The van der Waals surface area contributed by atoms with E-state index in [4.69, 9.17) is 0 Å². The van der Waals surface area contributed by atoms with Crippen molar-refractivity contribution in [2.45, 2.75) is 51.0 Å². The number of benzene rings is 1. The lowest BCUT2D eigenvalue weighted by atomic mass is 9.94. The summed E-state index contributed by atoms with van der Waals surface area (Å²) in [7, 11) is -1.72. The van der Waals surface area contributed by atoms with Crippen LogP contribution in [0, 0.1) is 0 Å². The summed E-state index contributed by atoms with van der Waals surface area (Å²) in [4.78, 5) is 2.97. The lowest BCUT2D eigenvalue weighted by Gasteiger charge is -2.33. The van der Waals surface area contributed by atoms with Gasteiger partial charge in [0.05, 0.1) is 4.91 Å². The number of hydrogen-bond acceptors (Lipinski definition) is 4. The Labute approximate surface area is 182 Å². The van der Waals surface area contributed by atoms with Crippen molar-refractivity contribution >= 4 is 10.0 Å². The smallest absolute Gasteiger partial charge is 0.242 e. The van der Waals surface area contributed by atoms with E-state index in [1.807, 2.05) is 30.4 Å². The fraction of sp³-hybridized carbons (Fsp3) is 0.583. The zero-order valence-electron chi connectivity index (χ0n) is 18.5. The highest BCUT2D eigenvalue weighted by molar-refractivity contribution is 7.93. The second-order valence-electron chi connectivity index (χ2n) is 8.44. The van der Waals surface area contributed by atoms with Gasteiger partial charge in [0.25, 0.3) is 0 Å². The van der Waals surface area contributed by atoms with E-state index in [-0.39, 0.29) is 5.92 Å². The highest BCUT2D eigenvalue weighted by atomic mass is 32.2. The number of nitrogens with zero attached hydrogens (tertiary/aromatic N) is 2. The van der Waals surface area contributed by atoms with E-state index in [0.717, 1.165) is 45.4 Å². The topological polar surface area (TPSA) is 52.6 Å². The molecule has 0 spiro atoms. The van der Waals surface area contributed by atoms with Crippen LogP contribution in [0.3, 0.4) is 0 Å². The Morgan fingerprint density at radius 1 is 1.17 bits per heavy atom. The van der Waals surface area contributed by atoms with E-state index < -0.39 is 10.0 Å². The van der Waals surface area contributed by atoms with Crippen LogP contribution in [-0.4, -0.2) is 63.4 Å². The number of likely N-dealkylation sites (tertiary alicyclic amines) is 1. The van der Waals surface area contributed by atoms with Gasteiger partial charge in [0, 0.05) is 19.6 Å². The van der Waals surface area contributed by atoms with Gasteiger partial charge >= 0.3 is 0 Å². The third-order valence-electron chi connectivity index (χ3n) is 6.29. The SMILES string of the molecule is CCNC1CCN(CCC(CN(C)S(=O)(=O)C2=CCCC=C2)c2ccccc2)CC1. The minimum atomic E-state index is -3.44. The number of nitrogens with one attached hydrogen (secondary N) is 1. The Hall–Kier alpha value is -1.47. The third kappa shape index (κ3) is 6.27. The largest absolute Gasteiger partial charge is 0.314 e. The maximum atomic E-state index is 13.0. The first-order valence-corrected chi connectivity index (χ1v) is 12.8. The van der Waals surface area contributed by atoms with Crippen molar-refractivity contribution in [3.05, 3.63) is 59.0 Å². The quantitative estimate of drug-likeness (QED) is 0.613. The van der Waals surface area contributed by atoms with E-state index >= 15 is 0 Å². The van der Waals surface area contributed by atoms with Crippen LogP contribution in [0.2, 0.25) is 0 Å². The summed E-state index contributed by atoms with van der Waals surface area (Å²) in [6.45, 7) is 6.95. The second kappa shape index (κ2) is 11.2. The molecule has 1 heterocycles. The Kier molecular flexibility index (Phi) is 8.69. The van der Waals surface area contributed by atoms with E-state index in [2.05, 4.69) is 29.3 Å². The molecule has 0 amide bonds. The van der Waals surface area contributed by atoms with Gasteiger partial charge < -0.3 is 10.2 Å². The van der Waals surface area contributed by atoms with Crippen LogP contribution >= 0.6 is 0 Å². The van der Waals surface area contributed by atoms with E-state index in [9.17, 15) is 8.42 Å². The van der Waals surface area contributed by atoms with Crippen LogP contribution in [-0.2, 0) is 10.0 Å². The Bertz CT molecular complexity index is 812. The molecule has 1 aromatic carbocycles. The molecule has 0 bridgehead atoms. The molecular weight excluding hydrogens is 394 g/mol. The Morgan fingerprint density at radius 3 is 2.53 bits per heavy atom. The summed E-state index contributed by atoms with van der Waals surface area (Å²) < 4.78 is 27.6. The van der Waals surface area contributed by atoms with Crippen LogP contribution in [0.25, 0.3) is 0 Å². The molecule has 1 unspecified atom stereocenters. The minimum Gasteiger partial charge on any atom is -0.314 e. The first-order chi connectivity index (χ1) is 14.5. The van der Waals surface area contributed by atoms with E-state index in [1.54, 1.807) is 17.4 Å². The fourth-order valence-electron chi connectivity index (χ4n) is 4.45. The predicted octanol–water partition coefficient (Wildman–Crippen LogP) is 3.73. The van der Waals surface area contributed by atoms with Gasteiger partial charge in [-0.05, 0) is 75.8 Å². The van der Waals surface area contributed by atoms with Gasteiger partial charge in [-0.2, -0.15) is 0 Å². The molecule has 1 fully saturated rings. The number of piperidine rings is 1. The maximum Gasteiger partial charge on any atom is 0.242 e. The van der Waals surface area contributed by atoms with Crippen molar-refractivity contribution in [2.24, 2.45) is 0 Å². The lowest BCUT2D eigenvalue weighted by Crippen LogP contribution is -2.43. The number of likely N-dealkylation sites (N-methyl/N-ethyl adjacent to an activating group) is 1. The zero-order chi connectivity index (χ0) is 21.4. The molecule has 3 rings (SSSR count). The summed E-state index contributed by atoms with van der Waals surface area (Å²) >= 11 is 0. The predicted molar refractivity (Wildman–Crippen MR) is 125 cm³/mol. The fourth-order valence-corrected chi connectivity index (χ4v) is 5.78. The normalized spacial score (nSPS) is 19.8. The monoisotopic (exact) mass is 431 g/mol. The van der Waals surface area contributed by atoms with Gasteiger partial charge in [0.1, 0.15) is 0 Å². The van der Waals surface area contributed by atoms with Gasteiger partial charge in [-0.1, -0.05) is 49.4 Å². The maximum absolute atomic E-state index is 13.0. The van der Waals surface area contributed by atoms with Gasteiger partial charge in [-0.15, -0.1) is 0 Å². The molecule has 30 heavy (non-hydrogen) atoms. The second-order valence-corrected chi connectivity index (χ2v) is 10.5. The Balaban J connectivity index is 1.63. The molecule has 1 aliphatic carbocycles. The van der Waals surface area contributed by atoms with Crippen molar-refractivity contribution in [1.29, 1.82) is 0 Å². The van der Waals surface area contributed by atoms with Crippen LogP contribution in [0.4, 0.5) is 0 Å². The molecule has 1 aromatic rings.